The first-order chi connectivity index (χ1) is 8.43. The van der Waals surface area contributed by atoms with Crippen LogP contribution >= 0.6 is 0 Å². The van der Waals surface area contributed by atoms with Crippen LogP contribution in [0, 0.1) is 11.8 Å². The highest BCUT2D eigenvalue weighted by molar-refractivity contribution is 4.96. The summed E-state index contributed by atoms with van der Waals surface area (Å²) in [5, 5.41) is 3.56. The lowest BCUT2D eigenvalue weighted by molar-refractivity contribution is -0.111. The molecule has 0 amide bonds. The van der Waals surface area contributed by atoms with Crippen LogP contribution in [0.5, 0.6) is 0 Å². The number of hydrogen-bond donors (Lipinski definition) is 1. The molecular formula is C15H30N2O. The van der Waals surface area contributed by atoms with Crippen LogP contribution < -0.4 is 5.32 Å². The Morgan fingerprint density at radius 3 is 2.56 bits per heavy atom. The molecule has 18 heavy (non-hydrogen) atoms. The molecule has 4 unspecified atom stereocenters. The molecule has 0 spiro atoms. The molecule has 1 N–H and O–H groups in total. The van der Waals surface area contributed by atoms with E-state index in [-0.39, 0.29) is 5.60 Å². The second-order valence-electron chi connectivity index (χ2n) is 7.02. The van der Waals surface area contributed by atoms with Crippen LogP contribution in [0.1, 0.15) is 40.5 Å². The third-order valence-corrected chi connectivity index (χ3v) is 4.67. The molecule has 0 aromatic carbocycles. The van der Waals surface area contributed by atoms with Gasteiger partial charge in [0.1, 0.15) is 0 Å². The van der Waals surface area contributed by atoms with Crippen molar-refractivity contribution in [2.45, 2.75) is 58.2 Å². The summed E-state index contributed by atoms with van der Waals surface area (Å²) in [6.45, 7) is 12.3. The predicted molar refractivity (Wildman–Crippen MR) is 75.8 cm³/mol. The fourth-order valence-corrected chi connectivity index (χ4v) is 4.05. The zero-order valence-corrected chi connectivity index (χ0v) is 12.7. The van der Waals surface area contributed by atoms with Gasteiger partial charge in [0.2, 0.25) is 0 Å². The molecule has 1 aliphatic carbocycles. The Morgan fingerprint density at radius 2 is 1.94 bits per heavy atom. The molecule has 1 saturated carbocycles. The highest BCUT2D eigenvalue weighted by Crippen LogP contribution is 2.34. The van der Waals surface area contributed by atoms with Gasteiger partial charge in [0.05, 0.1) is 12.2 Å². The molecular weight excluding hydrogens is 224 g/mol. The van der Waals surface area contributed by atoms with Gasteiger partial charge in [-0.2, -0.15) is 0 Å². The molecule has 0 radical (unpaired) electrons. The summed E-state index contributed by atoms with van der Waals surface area (Å²) < 4.78 is 5.85. The molecule has 1 saturated heterocycles. The summed E-state index contributed by atoms with van der Waals surface area (Å²) in [5.41, 5.74) is 0.0132. The minimum Gasteiger partial charge on any atom is -0.373 e. The van der Waals surface area contributed by atoms with E-state index in [0.29, 0.717) is 12.1 Å². The SMILES string of the molecule is CNC1CC(C)CC(C)C1N1CCOC(C)(C)C1. The van der Waals surface area contributed by atoms with Gasteiger partial charge in [-0.05, 0) is 45.6 Å². The molecule has 1 aliphatic heterocycles. The third-order valence-electron chi connectivity index (χ3n) is 4.67. The normalized spacial score (nSPS) is 41.8. The number of rotatable bonds is 2. The van der Waals surface area contributed by atoms with Crippen molar-refractivity contribution in [3.05, 3.63) is 0 Å². The minimum absolute atomic E-state index is 0.0132. The van der Waals surface area contributed by atoms with Gasteiger partial charge in [0.15, 0.2) is 0 Å². The monoisotopic (exact) mass is 254 g/mol. The Labute approximate surface area is 112 Å². The number of nitrogens with zero attached hydrogens (tertiary/aromatic N) is 1. The van der Waals surface area contributed by atoms with Crippen molar-refractivity contribution >= 4 is 0 Å². The predicted octanol–water partition coefficient (Wildman–Crippen LogP) is 2.12. The van der Waals surface area contributed by atoms with E-state index in [1.54, 1.807) is 0 Å². The summed E-state index contributed by atoms with van der Waals surface area (Å²) in [4.78, 5) is 2.67. The summed E-state index contributed by atoms with van der Waals surface area (Å²) in [6, 6.07) is 1.31. The van der Waals surface area contributed by atoms with Gasteiger partial charge < -0.3 is 10.1 Å². The first-order valence-electron chi connectivity index (χ1n) is 7.48. The van der Waals surface area contributed by atoms with E-state index in [0.717, 1.165) is 31.5 Å². The van der Waals surface area contributed by atoms with Crippen molar-refractivity contribution < 1.29 is 4.74 Å². The Kier molecular flexibility index (Phi) is 4.35. The number of hydrogen-bond acceptors (Lipinski definition) is 3. The number of likely N-dealkylation sites (N-methyl/N-ethyl adjacent to an activating group) is 1. The second kappa shape index (κ2) is 5.48. The number of nitrogens with one attached hydrogen (secondary N) is 1. The highest BCUT2D eigenvalue weighted by atomic mass is 16.5. The van der Waals surface area contributed by atoms with Crippen molar-refractivity contribution in [2.75, 3.05) is 26.7 Å². The summed E-state index contributed by atoms with van der Waals surface area (Å²) in [7, 11) is 2.12. The second-order valence-corrected chi connectivity index (χ2v) is 7.02. The van der Waals surface area contributed by atoms with Crippen LogP contribution in [0.15, 0.2) is 0 Å². The van der Waals surface area contributed by atoms with Gasteiger partial charge in [0, 0.05) is 25.2 Å². The summed E-state index contributed by atoms with van der Waals surface area (Å²) in [6.07, 6.45) is 2.67. The largest absolute Gasteiger partial charge is 0.373 e. The van der Waals surface area contributed by atoms with Crippen LogP contribution in [0.2, 0.25) is 0 Å². The fraction of sp³-hybridized carbons (Fsp3) is 1.00. The van der Waals surface area contributed by atoms with Crippen LogP contribution in [0.3, 0.4) is 0 Å². The highest BCUT2D eigenvalue weighted by Gasteiger charge is 2.40. The summed E-state index contributed by atoms with van der Waals surface area (Å²) in [5.74, 6) is 1.63. The number of ether oxygens (including phenoxy) is 1. The van der Waals surface area contributed by atoms with E-state index in [9.17, 15) is 0 Å². The summed E-state index contributed by atoms with van der Waals surface area (Å²) >= 11 is 0. The standard InChI is InChI=1S/C15H30N2O/c1-11-8-12(2)14(13(9-11)16-5)17-6-7-18-15(3,4)10-17/h11-14,16H,6-10H2,1-5H3. The Morgan fingerprint density at radius 1 is 1.22 bits per heavy atom. The van der Waals surface area contributed by atoms with Gasteiger partial charge in [-0.25, -0.2) is 0 Å². The van der Waals surface area contributed by atoms with Crippen LogP contribution in [0.25, 0.3) is 0 Å². The first kappa shape index (κ1) is 14.3. The molecule has 3 heteroatoms. The Bertz CT molecular complexity index is 280. The van der Waals surface area contributed by atoms with Crippen molar-refractivity contribution in [1.82, 2.24) is 10.2 Å². The van der Waals surface area contributed by atoms with E-state index in [4.69, 9.17) is 4.74 Å². The number of morpholine rings is 1. The van der Waals surface area contributed by atoms with E-state index >= 15 is 0 Å². The fourth-order valence-electron chi connectivity index (χ4n) is 4.05. The molecule has 4 atom stereocenters. The van der Waals surface area contributed by atoms with Crippen LogP contribution in [-0.2, 0) is 4.74 Å². The van der Waals surface area contributed by atoms with Crippen molar-refractivity contribution in [1.29, 1.82) is 0 Å². The van der Waals surface area contributed by atoms with Gasteiger partial charge >= 0.3 is 0 Å². The van der Waals surface area contributed by atoms with E-state index in [1.165, 1.54) is 12.8 Å². The molecule has 1 heterocycles. The molecule has 3 nitrogen and oxygen atoms in total. The van der Waals surface area contributed by atoms with Crippen LogP contribution in [-0.4, -0.2) is 49.3 Å². The van der Waals surface area contributed by atoms with Crippen molar-refractivity contribution in [3.63, 3.8) is 0 Å². The van der Waals surface area contributed by atoms with Crippen molar-refractivity contribution in [3.8, 4) is 0 Å². The quantitative estimate of drug-likeness (QED) is 0.817. The molecule has 2 aliphatic rings. The van der Waals surface area contributed by atoms with Crippen molar-refractivity contribution in [2.24, 2.45) is 11.8 Å². The topological polar surface area (TPSA) is 24.5 Å². The first-order valence-corrected chi connectivity index (χ1v) is 7.48. The lowest BCUT2D eigenvalue weighted by Gasteiger charge is -2.50. The average molecular weight is 254 g/mol. The maximum atomic E-state index is 5.85. The molecule has 0 aromatic heterocycles. The molecule has 0 aromatic rings. The maximum Gasteiger partial charge on any atom is 0.0753 e. The lowest BCUT2D eigenvalue weighted by Crippen LogP contribution is -2.61. The van der Waals surface area contributed by atoms with Crippen LogP contribution in [0.4, 0.5) is 0 Å². The van der Waals surface area contributed by atoms with E-state index in [1.807, 2.05) is 0 Å². The Hall–Kier alpha value is -0.120. The van der Waals surface area contributed by atoms with Gasteiger partial charge in [-0.15, -0.1) is 0 Å². The zero-order chi connectivity index (χ0) is 13.3. The lowest BCUT2D eigenvalue weighted by atomic mass is 9.75. The smallest absolute Gasteiger partial charge is 0.0753 e. The average Bonchev–Trinajstić information content (AvgIpc) is 2.26. The molecule has 2 rings (SSSR count). The maximum absolute atomic E-state index is 5.85. The molecule has 2 fully saturated rings. The molecule has 106 valence electrons. The van der Waals surface area contributed by atoms with E-state index < -0.39 is 0 Å². The van der Waals surface area contributed by atoms with Gasteiger partial charge in [-0.3, -0.25) is 4.90 Å². The Balaban J connectivity index is 2.09. The third kappa shape index (κ3) is 3.06. The zero-order valence-electron chi connectivity index (χ0n) is 12.7. The van der Waals surface area contributed by atoms with Gasteiger partial charge in [0.25, 0.3) is 0 Å². The molecule has 0 bridgehead atoms. The van der Waals surface area contributed by atoms with E-state index in [2.05, 4.69) is 45.0 Å². The van der Waals surface area contributed by atoms with Gasteiger partial charge in [-0.1, -0.05) is 13.8 Å². The minimum atomic E-state index is 0.0132.